The molecule has 2 amide bonds. The normalized spacial score (nSPS) is 17.0. The van der Waals surface area contributed by atoms with Crippen molar-refractivity contribution in [2.24, 2.45) is 5.92 Å². The van der Waals surface area contributed by atoms with Gasteiger partial charge in [-0.3, -0.25) is 9.59 Å². The van der Waals surface area contributed by atoms with E-state index in [2.05, 4.69) is 15.9 Å². The Morgan fingerprint density at radius 1 is 1.24 bits per heavy atom. The van der Waals surface area contributed by atoms with Gasteiger partial charge in [0.2, 0.25) is 11.8 Å². The number of halogens is 2. The number of nitrogens with zero attached hydrogens (tertiary/aromatic N) is 2. The van der Waals surface area contributed by atoms with Crippen molar-refractivity contribution < 1.29 is 14.0 Å². The second-order valence-electron chi connectivity index (χ2n) is 6.14. The smallest absolute Gasteiger partial charge is 0.228 e. The molecule has 0 unspecified atom stereocenters. The van der Waals surface area contributed by atoms with E-state index in [4.69, 9.17) is 0 Å². The predicted molar refractivity (Wildman–Crippen MR) is 97.5 cm³/mol. The number of para-hydroxylation sites is 1. The van der Waals surface area contributed by atoms with Crippen molar-refractivity contribution in [2.45, 2.75) is 13.0 Å². The molecule has 130 valence electrons. The molecular weight excluding hydrogens is 387 g/mol. The average Bonchev–Trinajstić information content (AvgIpc) is 2.98. The van der Waals surface area contributed by atoms with Gasteiger partial charge in [-0.1, -0.05) is 30.3 Å². The largest absolute Gasteiger partial charge is 0.341 e. The third-order valence-corrected chi connectivity index (χ3v) is 5.03. The van der Waals surface area contributed by atoms with E-state index in [1.807, 2.05) is 24.3 Å². The van der Waals surface area contributed by atoms with Gasteiger partial charge < -0.3 is 9.80 Å². The lowest BCUT2D eigenvalue weighted by Gasteiger charge is -2.22. The lowest BCUT2D eigenvalue weighted by Crippen LogP contribution is -2.34. The van der Waals surface area contributed by atoms with Crippen molar-refractivity contribution in [3.8, 4) is 0 Å². The molecule has 0 N–H and O–H groups in total. The molecule has 1 heterocycles. The molecule has 6 heteroatoms. The Morgan fingerprint density at radius 2 is 1.92 bits per heavy atom. The summed E-state index contributed by atoms with van der Waals surface area (Å²) >= 11 is 3.44. The Balaban J connectivity index is 1.70. The predicted octanol–water partition coefficient (Wildman–Crippen LogP) is 3.60. The maximum Gasteiger partial charge on any atom is 0.228 e. The number of carbonyl (C=O) groups excluding carboxylic acids is 2. The minimum Gasteiger partial charge on any atom is -0.341 e. The van der Waals surface area contributed by atoms with Gasteiger partial charge in [-0.25, -0.2) is 4.39 Å². The fourth-order valence-corrected chi connectivity index (χ4v) is 3.55. The highest BCUT2D eigenvalue weighted by Gasteiger charge is 2.37. The lowest BCUT2D eigenvalue weighted by atomic mass is 10.1. The summed E-state index contributed by atoms with van der Waals surface area (Å²) in [6.45, 7) is 0.521. The van der Waals surface area contributed by atoms with E-state index in [1.54, 1.807) is 30.1 Å². The molecule has 1 saturated heterocycles. The first-order valence-corrected chi connectivity index (χ1v) is 8.80. The molecule has 1 aliphatic heterocycles. The van der Waals surface area contributed by atoms with Gasteiger partial charge in [-0.05, 0) is 34.1 Å². The van der Waals surface area contributed by atoms with Crippen molar-refractivity contribution in [1.82, 2.24) is 4.90 Å². The summed E-state index contributed by atoms with van der Waals surface area (Å²) in [5.74, 6) is -0.980. The molecule has 0 saturated carbocycles. The Bertz CT molecular complexity index is 812. The van der Waals surface area contributed by atoms with E-state index in [-0.39, 0.29) is 30.6 Å². The van der Waals surface area contributed by atoms with Gasteiger partial charge in [0, 0.05) is 36.6 Å². The molecule has 1 fully saturated rings. The molecule has 1 atom stereocenters. The van der Waals surface area contributed by atoms with Crippen LogP contribution >= 0.6 is 15.9 Å². The molecular formula is C19H18BrFN2O2. The Morgan fingerprint density at radius 3 is 2.64 bits per heavy atom. The lowest BCUT2D eigenvalue weighted by molar-refractivity contribution is -0.135. The Labute approximate surface area is 154 Å². The fraction of sp³-hybridized carbons (Fsp3) is 0.263. The van der Waals surface area contributed by atoms with Crippen LogP contribution in [0, 0.1) is 11.7 Å². The summed E-state index contributed by atoms with van der Waals surface area (Å²) in [5.41, 5.74) is 1.23. The van der Waals surface area contributed by atoms with Crippen molar-refractivity contribution in [3.05, 3.63) is 64.4 Å². The maximum atomic E-state index is 13.8. The zero-order chi connectivity index (χ0) is 18.0. The topological polar surface area (TPSA) is 40.6 Å². The summed E-state index contributed by atoms with van der Waals surface area (Å²) in [5, 5.41) is 0. The minimum absolute atomic E-state index is 0.0791. The first-order valence-electron chi connectivity index (χ1n) is 8.00. The van der Waals surface area contributed by atoms with Crippen LogP contribution in [0.25, 0.3) is 0 Å². The summed E-state index contributed by atoms with van der Waals surface area (Å²) in [7, 11) is 1.64. The molecule has 0 aromatic heterocycles. The standard InChI is InChI=1S/C19H18BrFN2O2/c1-22(11-13-6-2-4-8-16(13)21)19(25)14-10-18(24)23(12-14)17-9-5-3-7-15(17)20/h2-9,14H,10-12H2,1H3/t14-/m0/s1. The van der Waals surface area contributed by atoms with Crippen LogP contribution in [0.2, 0.25) is 0 Å². The second kappa shape index (κ2) is 7.35. The molecule has 3 rings (SSSR count). The van der Waals surface area contributed by atoms with Crippen LogP contribution in [0.15, 0.2) is 53.0 Å². The number of hydrogen-bond acceptors (Lipinski definition) is 2. The molecule has 0 spiro atoms. The molecule has 25 heavy (non-hydrogen) atoms. The average molecular weight is 405 g/mol. The van der Waals surface area contributed by atoms with Crippen LogP contribution < -0.4 is 4.90 Å². The van der Waals surface area contributed by atoms with Crippen LogP contribution in [-0.4, -0.2) is 30.3 Å². The number of hydrogen-bond donors (Lipinski definition) is 0. The van der Waals surface area contributed by atoms with Crippen LogP contribution in [-0.2, 0) is 16.1 Å². The number of amides is 2. The maximum absolute atomic E-state index is 13.8. The van der Waals surface area contributed by atoms with Gasteiger partial charge in [0.1, 0.15) is 5.82 Å². The monoisotopic (exact) mass is 404 g/mol. The molecule has 2 aromatic rings. The summed E-state index contributed by atoms with van der Waals surface area (Å²) in [6, 6.07) is 13.8. The first-order chi connectivity index (χ1) is 12.0. The quantitative estimate of drug-likeness (QED) is 0.780. The van der Waals surface area contributed by atoms with Crippen molar-refractivity contribution in [3.63, 3.8) is 0 Å². The van der Waals surface area contributed by atoms with Gasteiger partial charge in [-0.2, -0.15) is 0 Å². The van der Waals surface area contributed by atoms with E-state index >= 15 is 0 Å². The van der Waals surface area contributed by atoms with E-state index < -0.39 is 5.92 Å². The Hall–Kier alpha value is -2.21. The van der Waals surface area contributed by atoms with Gasteiger partial charge in [-0.15, -0.1) is 0 Å². The van der Waals surface area contributed by atoms with Gasteiger partial charge in [0.15, 0.2) is 0 Å². The van der Waals surface area contributed by atoms with E-state index in [0.717, 1.165) is 10.2 Å². The molecule has 2 aromatic carbocycles. The minimum atomic E-state index is -0.420. The van der Waals surface area contributed by atoms with Gasteiger partial charge in [0.25, 0.3) is 0 Å². The summed E-state index contributed by atoms with van der Waals surface area (Å²) in [6.07, 6.45) is 0.168. The van der Waals surface area contributed by atoms with Gasteiger partial charge in [0.05, 0.1) is 11.6 Å². The highest BCUT2D eigenvalue weighted by molar-refractivity contribution is 9.10. The number of benzene rings is 2. The Kier molecular flexibility index (Phi) is 5.18. The molecule has 1 aliphatic rings. The van der Waals surface area contributed by atoms with Crippen molar-refractivity contribution in [1.29, 1.82) is 0 Å². The fourth-order valence-electron chi connectivity index (χ4n) is 3.05. The zero-order valence-corrected chi connectivity index (χ0v) is 15.4. The third-order valence-electron chi connectivity index (χ3n) is 4.36. The highest BCUT2D eigenvalue weighted by atomic mass is 79.9. The van der Waals surface area contributed by atoms with Crippen LogP contribution in [0.1, 0.15) is 12.0 Å². The SMILES string of the molecule is CN(Cc1ccccc1F)C(=O)[C@H]1CC(=O)N(c2ccccc2Br)C1. The van der Waals surface area contributed by atoms with Gasteiger partial charge >= 0.3 is 0 Å². The van der Waals surface area contributed by atoms with Crippen molar-refractivity contribution >= 4 is 33.4 Å². The number of rotatable bonds is 4. The molecule has 0 radical (unpaired) electrons. The third kappa shape index (κ3) is 3.74. The summed E-state index contributed by atoms with van der Waals surface area (Å²) < 4.78 is 14.6. The molecule has 0 bridgehead atoms. The number of anilines is 1. The molecule has 4 nitrogen and oxygen atoms in total. The molecule has 0 aliphatic carbocycles. The van der Waals surface area contributed by atoms with Crippen LogP contribution in [0.3, 0.4) is 0 Å². The van der Waals surface area contributed by atoms with Crippen LogP contribution in [0.4, 0.5) is 10.1 Å². The number of carbonyl (C=O) groups is 2. The van der Waals surface area contributed by atoms with E-state index in [9.17, 15) is 14.0 Å². The zero-order valence-electron chi connectivity index (χ0n) is 13.8. The second-order valence-corrected chi connectivity index (χ2v) is 7.00. The van der Waals surface area contributed by atoms with Crippen LogP contribution in [0.5, 0.6) is 0 Å². The highest BCUT2D eigenvalue weighted by Crippen LogP contribution is 2.31. The first kappa shape index (κ1) is 17.6. The van der Waals surface area contributed by atoms with Crippen molar-refractivity contribution in [2.75, 3.05) is 18.5 Å². The van der Waals surface area contributed by atoms with E-state index in [1.165, 1.54) is 11.0 Å². The van der Waals surface area contributed by atoms with E-state index in [0.29, 0.717) is 12.1 Å². The summed E-state index contributed by atoms with van der Waals surface area (Å²) in [4.78, 5) is 28.1.